The van der Waals surface area contributed by atoms with E-state index in [9.17, 15) is 9.18 Å². The number of anilines is 1. The van der Waals surface area contributed by atoms with Gasteiger partial charge in [0.2, 0.25) is 5.91 Å². The minimum absolute atomic E-state index is 0.0354. The van der Waals surface area contributed by atoms with E-state index in [1.807, 2.05) is 51.0 Å². The fraction of sp³-hybridized carbons (Fsp3) is 0.333. The monoisotopic (exact) mass is 406 g/mol. The van der Waals surface area contributed by atoms with Crippen LogP contribution in [-0.4, -0.2) is 47.3 Å². The van der Waals surface area contributed by atoms with Crippen molar-refractivity contribution >= 4 is 11.6 Å². The Morgan fingerprint density at radius 3 is 2.47 bits per heavy atom. The molecule has 4 rings (SSSR count). The summed E-state index contributed by atoms with van der Waals surface area (Å²) in [4.78, 5) is 17.5. The molecular formula is C24H27FN4O. The highest BCUT2D eigenvalue weighted by molar-refractivity contribution is 5.96. The molecule has 30 heavy (non-hydrogen) atoms. The third kappa shape index (κ3) is 3.63. The molecule has 1 amide bonds. The smallest absolute Gasteiger partial charge is 0.231 e. The molecule has 0 radical (unpaired) electrons. The number of carbonyl (C=O) groups excluding carboxylic acids is 1. The lowest BCUT2D eigenvalue weighted by molar-refractivity contribution is -0.118. The molecule has 1 aliphatic rings. The molecule has 0 N–H and O–H groups in total. The molecule has 1 atom stereocenters. The van der Waals surface area contributed by atoms with Crippen molar-refractivity contribution in [1.29, 1.82) is 0 Å². The van der Waals surface area contributed by atoms with E-state index in [-0.39, 0.29) is 24.2 Å². The van der Waals surface area contributed by atoms with Crippen LogP contribution in [0.25, 0.3) is 5.69 Å². The van der Waals surface area contributed by atoms with Gasteiger partial charge in [-0.2, -0.15) is 5.10 Å². The number of hydrogen-bond donors (Lipinski definition) is 0. The van der Waals surface area contributed by atoms with E-state index >= 15 is 0 Å². The Morgan fingerprint density at radius 2 is 1.77 bits per heavy atom. The van der Waals surface area contributed by atoms with Crippen LogP contribution in [0.2, 0.25) is 0 Å². The van der Waals surface area contributed by atoms with Gasteiger partial charge < -0.3 is 9.80 Å². The number of nitrogens with zero attached hydrogens (tertiary/aromatic N) is 4. The lowest BCUT2D eigenvalue weighted by atomic mass is 9.96. The molecule has 2 aromatic carbocycles. The Balaban J connectivity index is 1.65. The van der Waals surface area contributed by atoms with Gasteiger partial charge in [-0.05, 0) is 58.1 Å². The number of rotatable bonds is 4. The Bertz CT molecular complexity index is 1090. The van der Waals surface area contributed by atoms with Crippen LogP contribution in [0, 0.1) is 19.7 Å². The van der Waals surface area contributed by atoms with Crippen LogP contribution in [0.15, 0.2) is 48.5 Å². The summed E-state index contributed by atoms with van der Waals surface area (Å²) in [6.45, 7) is 4.42. The second kappa shape index (κ2) is 8.03. The lowest BCUT2D eigenvalue weighted by Gasteiger charge is -2.37. The van der Waals surface area contributed by atoms with E-state index in [1.54, 1.807) is 22.9 Å². The number of amides is 1. The normalized spacial score (nSPS) is 16.1. The van der Waals surface area contributed by atoms with Crippen LogP contribution in [0.1, 0.15) is 22.5 Å². The first kappa shape index (κ1) is 20.3. The Hall–Kier alpha value is -2.99. The molecule has 0 fully saturated rings. The predicted molar refractivity (Wildman–Crippen MR) is 117 cm³/mol. The van der Waals surface area contributed by atoms with E-state index in [1.165, 1.54) is 11.6 Å². The van der Waals surface area contributed by atoms with Gasteiger partial charge >= 0.3 is 0 Å². The summed E-state index contributed by atoms with van der Waals surface area (Å²) in [5.74, 6) is -0.298. The van der Waals surface area contributed by atoms with E-state index in [2.05, 4.69) is 16.1 Å². The third-order valence-corrected chi connectivity index (χ3v) is 6.01. The first-order valence-corrected chi connectivity index (χ1v) is 10.2. The molecule has 0 bridgehead atoms. The minimum atomic E-state index is -0.334. The van der Waals surface area contributed by atoms with Crippen molar-refractivity contribution in [1.82, 2.24) is 14.7 Å². The van der Waals surface area contributed by atoms with Crippen LogP contribution < -0.4 is 4.90 Å². The number of benzene rings is 2. The van der Waals surface area contributed by atoms with Crippen LogP contribution in [-0.2, 0) is 17.6 Å². The minimum Gasteiger partial charge on any atom is -0.310 e. The zero-order valence-electron chi connectivity index (χ0n) is 17.9. The highest BCUT2D eigenvalue weighted by Crippen LogP contribution is 2.29. The molecule has 0 saturated carbocycles. The van der Waals surface area contributed by atoms with Crippen molar-refractivity contribution in [3.63, 3.8) is 0 Å². The van der Waals surface area contributed by atoms with Gasteiger partial charge in [0.15, 0.2) is 0 Å². The molecule has 1 aliphatic heterocycles. The Labute approximate surface area is 176 Å². The number of halogens is 1. The van der Waals surface area contributed by atoms with Crippen molar-refractivity contribution in [3.05, 3.63) is 76.9 Å². The summed E-state index contributed by atoms with van der Waals surface area (Å²) >= 11 is 0. The first-order valence-electron chi connectivity index (χ1n) is 10.2. The molecular weight excluding hydrogens is 379 g/mol. The maximum atomic E-state index is 14.3. The quantitative estimate of drug-likeness (QED) is 0.664. The van der Waals surface area contributed by atoms with E-state index in [0.29, 0.717) is 12.2 Å². The van der Waals surface area contributed by atoms with Gasteiger partial charge in [-0.3, -0.25) is 4.79 Å². The van der Waals surface area contributed by atoms with E-state index < -0.39 is 0 Å². The third-order valence-electron chi connectivity index (χ3n) is 6.01. The fourth-order valence-electron chi connectivity index (χ4n) is 4.19. The van der Waals surface area contributed by atoms with E-state index in [4.69, 9.17) is 0 Å². The van der Waals surface area contributed by atoms with Gasteiger partial charge in [0, 0.05) is 29.5 Å². The summed E-state index contributed by atoms with van der Waals surface area (Å²) in [7, 11) is 4.10. The van der Waals surface area contributed by atoms with Gasteiger partial charge in [0.25, 0.3) is 0 Å². The average molecular weight is 407 g/mol. The number of hydrogen-bond acceptors (Lipinski definition) is 3. The summed E-state index contributed by atoms with van der Waals surface area (Å²) < 4.78 is 15.9. The number of aryl methyl sites for hydroxylation is 1. The summed E-state index contributed by atoms with van der Waals surface area (Å²) in [5, 5.41) is 4.52. The van der Waals surface area contributed by atoms with Gasteiger partial charge in [0.05, 0.1) is 12.1 Å². The Kier molecular flexibility index (Phi) is 5.43. The molecule has 1 unspecified atom stereocenters. The largest absolute Gasteiger partial charge is 0.310 e. The van der Waals surface area contributed by atoms with Gasteiger partial charge in [-0.1, -0.05) is 30.3 Å². The molecule has 0 aliphatic carbocycles. The van der Waals surface area contributed by atoms with Crippen molar-refractivity contribution in [3.8, 4) is 5.69 Å². The van der Waals surface area contributed by atoms with Crippen LogP contribution in [0.3, 0.4) is 0 Å². The zero-order valence-corrected chi connectivity index (χ0v) is 17.9. The second-order valence-electron chi connectivity index (χ2n) is 8.14. The fourth-order valence-corrected chi connectivity index (χ4v) is 4.19. The number of likely N-dealkylation sites (N-methyl/N-ethyl adjacent to an activating group) is 1. The molecule has 3 aromatic rings. The first-order chi connectivity index (χ1) is 14.4. The van der Waals surface area contributed by atoms with E-state index in [0.717, 1.165) is 29.1 Å². The van der Waals surface area contributed by atoms with Crippen molar-refractivity contribution in [2.24, 2.45) is 0 Å². The second-order valence-corrected chi connectivity index (χ2v) is 8.14. The van der Waals surface area contributed by atoms with Crippen LogP contribution >= 0.6 is 0 Å². The SMILES string of the molecule is Cc1nn(-c2ccccc2F)c(C)c1CC(=O)N1CC(N(C)C)Cc2ccccc21. The number of carbonyl (C=O) groups is 1. The highest BCUT2D eigenvalue weighted by atomic mass is 19.1. The van der Waals surface area contributed by atoms with Crippen molar-refractivity contribution < 1.29 is 9.18 Å². The van der Waals surface area contributed by atoms with Crippen LogP contribution in [0.4, 0.5) is 10.1 Å². The van der Waals surface area contributed by atoms with Crippen LogP contribution in [0.5, 0.6) is 0 Å². The summed E-state index contributed by atoms with van der Waals surface area (Å²) in [6.07, 6.45) is 1.16. The number of aromatic nitrogens is 2. The molecule has 2 heterocycles. The standard InChI is InChI=1S/C24H27FN4O/c1-16-20(17(2)29(26-16)23-12-8-6-10-21(23)25)14-24(30)28-15-19(27(3)4)13-18-9-5-7-11-22(18)28/h5-12,19H,13-15H2,1-4H3. The summed E-state index contributed by atoms with van der Waals surface area (Å²) in [6, 6.07) is 14.9. The lowest BCUT2D eigenvalue weighted by Crippen LogP contribution is -2.48. The molecule has 0 saturated heterocycles. The molecule has 156 valence electrons. The van der Waals surface area contributed by atoms with Gasteiger partial charge in [-0.15, -0.1) is 0 Å². The average Bonchev–Trinajstić information content (AvgIpc) is 3.01. The molecule has 5 nitrogen and oxygen atoms in total. The van der Waals surface area contributed by atoms with Gasteiger partial charge in [-0.25, -0.2) is 9.07 Å². The molecule has 0 spiro atoms. The highest BCUT2D eigenvalue weighted by Gasteiger charge is 2.30. The maximum absolute atomic E-state index is 14.3. The van der Waals surface area contributed by atoms with Crippen molar-refractivity contribution in [2.45, 2.75) is 32.7 Å². The maximum Gasteiger partial charge on any atom is 0.231 e. The topological polar surface area (TPSA) is 41.4 Å². The van der Waals surface area contributed by atoms with Crippen molar-refractivity contribution in [2.75, 3.05) is 25.5 Å². The molecule has 1 aromatic heterocycles. The number of fused-ring (bicyclic) bond motifs is 1. The Morgan fingerprint density at radius 1 is 1.10 bits per heavy atom. The summed E-state index contributed by atoms with van der Waals surface area (Å²) in [5.41, 5.74) is 4.96. The predicted octanol–water partition coefficient (Wildman–Crippen LogP) is 3.69. The molecule has 6 heteroatoms. The number of para-hydroxylation sites is 2. The van der Waals surface area contributed by atoms with Gasteiger partial charge in [0.1, 0.15) is 11.5 Å². The zero-order chi connectivity index (χ0) is 21.4.